The quantitative estimate of drug-likeness (QED) is 0.781. The smallest absolute Gasteiger partial charge is 0.101 e. The minimum Gasteiger partial charge on any atom is -0.386 e. The number of aryl methyl sites for hydroxylation is 1. The first-order valence-electron chi connectivity index (χ1n) is 6.87. The highest BCUT2D eigenvalue weighted by Gasteiger charge is 2.12. The Morgan fingerprint density at radius 3 is 2.65 bits per heavy atom. The van der Waals surface area contributed by atoms with Crippen molar-refractivity contribution in [3.8, 4) is 0 Å². The minimum absolute atomic E-state index is 0.539. The summed E-state index contributed by atoms with van der Waals surface area (Å²) in [4.78, 5) is 7.13. The van der Waals surface area contributed by atoms with Gasteiger partial charge in [0.2, 0.25) is 0 Å². The summed E-state index contributed by atoms with van der Waals surface area (Å²) in [5, 5.41) is 11.5. The van der Waals surface area contributed by atoms with Crippen molar-refractivity contribution in [2.75, 3.05) is 0 Å². The summed E-state index contributed by atoms with van der Waals surface area (Å²) in [6.45, 7) is 2.15. The summed E-state index contributed by atoms with van der Waals surface area (Å²) in [5.41, 5.74) is 1.68. The molecule has 0 amide bonds. The fourth-order valence-corrected chi connectivity index (χ4v) is 3.28. The monoisotopic (exact) mass is 283 g/mol. The van der Waals surface area contributed by atoms with Crippen LogP contribution in [0.25, 0.3) is 10.9 Å². The average Bonchev–Trinajstić information content (AvgIpc) is 2.94. The number of thiophene rings is 1. The summed E-state index contributed by atoms with van der Waals surface area (Å²) >= 11 is 1.77. The number of fused-ring (bicyclic) bond motifs is 1. The van der Waals surface area contributed by atoms with Crippen LogP contribution < -0.4 is 0 Å². The maximum absolute atomic E-state index is 10.4. The van der Waals surface area contributed by atoms with Crippen molar-refractivity contribution in [3.63, 3.8) is 0 Å². The first-order valence-corrected chi connectivity index (χ1v) is 7.69. The van der Waals surface area contributed by atoms with Gasteiger partial charge in [0.05, 0.1) is 11.2 Å². The summed E-state index contributed by atoms with van der Waals surface area (Å²) in [6.07, 6.45) is 1.15. The number of hydrogen-bond donors (Lipinski definition) is 1. The lowest BCUT2D eigenvalue weighted by atomic mass is 10.1. The molecular formula is C17H17NOS. The Morgan fingerprint density at radius 2 is 1.85 bits per heavy atom. The first-order chi connectivity index (χ1) is 9.76. The molecule has 0 bridgehead atoms. The van der Waals surface area contributed by atoms with Crippen LogP contribution in [0.1, 0.15) is 28.5 Å². The van der Waals surface area contributed by atoms with Gasteiger partial charge >= 0.3 is 0 Å². The van der Waals surface area contributed by atoms with E-state index < -0.39 is 6.10 Å². The van der Waals surface area contributed by atoms with E-state index in [9.17, 15) is 5.11 Å². The van der Waals surface area contributed by atoms with Gasteiger partial charge in [-0.15, -0.1) is 11.3 Å². The van der Waals surface area contributed by atoms with Crippen LogP contribution in [0.5, 0.6) is 0 Å². The lowest BCUT2D eigenvalue weighted by Gasteiger charge is -2.09. The average molecular weight is 283 g/mol. The summed E-state index contributed by atoms with van der Waals surface area (Å²) in [6, 6.07) is 16.2. The van der Waals surface area contributed by atoms with Gasteiger partial charge in [-0.25, -0.2) is 0 Å². The van der Waals surface area contributed by atoms with E-state index in [0.29, 0.717) is 6.42 Å². The van der Waals surface area contributed by atoms with Gasteiger partial charge in [0.15, 0.2) is 0 Å². The predicted octanol–water partition coefficient (Wildman–Crippen LogP) is 4.13. The number of hydrogen-bond acceptors (Lipinski definition) is 3. The van der Waals surface area contributed by atoms with Crippen LogP contribution in [0, 0.1) is 0 Å². The first kappa shape index (κ1) is 13.3. The van der Waals surface area contributed by atoms with Crippen LogP contribution in [0.3, 0.4) is 0 Å². The molecule has 0 aliphatic heterocycles. The number of rotatable bonds is 4. The maximum atomic E-state index is 10.4. The number of para-hydroxylation sites is 1. The molecule has 1 N–H and O–H groups in total. The molecule has 0 saturated carbocycles. The second kappa shape index (κ2) is 5.73. The van der Waals surface area contributed by atoms with Gasteiger partial charge in [0.25, 0.3) is 0 Å². The van der Waals surface area contributed by atoms with E-state index in [0.717, 1.165) is 23.0 Å². The second-order valence-electron chi connectivity index (χ2n) is 4.87. The SMILES string of the molecule is CCc1ccc(CC(O)c2ccc3ccccc3n2)s1. The Labute approximate surface area is 122 Å². The van der Waals surface area contributed by atoms with E-state index in [1.807, 2.05) is 36.4 Å². The molecule has 3 rings (SSSR count). The van der Waals surface area contributed by atoms with Crippen molar-refractivity contribution < 1.29 is 5.11 Å². The molecule has 3 heteroatoms. The van der Waals surface area contributed by atoms with E-state index in [2.05, 4.69) is 24.0 Å². The summed E-state index contributed by atoms with van der Waals surface area (Å²) in [5.74, 6) is 0. The lowest BCUT2D eigenvalue weighted by molar-refractivity contribution is 0.175. The zero-order valence-corrected chi connectivity index (χ0v) is 12.2. The fourth-order valence-electron chi connectivity index (χ4n) is 2.28. The molecule has 20 heavy (non-hydrogen) atoms. The third-order valence-corrected chi connectivity index (χ3v) is 4.67. The van der Waals surface area contributed by atoms with Gasteiger partial charge in [-0.3, -0.25) is 4.98 Å². The standard InChI is InChI=1S/C17H17NOS/c1-2-13-8-9-14(20-13)11-17(19)16-10-7-12-5-3-4-6-15(12)18-16/h3-10,17,19H,2,11H2,1H3. The van der Waals surface area contributed by atoms with Crippen molar-refractivity contribution in [2.24, 2.45) is 0 Å². The number of pyridine rings is 1. The van der Waals surface area contributed by atoms with Gasteiger partial charge in [0, 0.05) is 21.6 Å². The number of nitrogens with zero attached hydrogens (tertiary/aromatic N) is 1. The van der Waals surface area contributed by atoms with E-state index >= 15 is 0 Å². The molecule has 0 spiro atoms. The van der Waals surface area contributed by atoms with Crippen LogP contribution in [0.2, 0.25) is 0 Å². The van der Waals surface area contributed by atoms with E-state index in [4.69, 9.17) is 0 Å². The Kier molecular flexibility index (Phi) is 3.81. The van der Waals surface area contributed by atoms with Crippen LogP contribution in [0.4, 0.5) is 0 Å². The van der Waals surface area contributed by atoms with Crippen molar-refractivity contribution in [1.29, 1.82) is 0 Å². The summed E-state index contributed by atoms with van der Waals surface area (Å²) in [7, 11) is 0. The fraction of sp³-hybridized carbons (Fsp3) is 0.235. The Hall–Kier alpha value is -1.71. The topological polar surface area (TPSA) is 33.1 Å². The number of aliphatic hydroxyl groups is 1. The molecule has 0 saturated heterocycles. The normalized spacial score (nSPS) is 12.7. The highest BCUT2D eigenvalue weighted by Crippen LogP contribution is 2.24. The molecule has 1 unspecified atom stereocenters. The molecule has 0 fully saturated rings. The third-order valence-electron chi connectivity index (χ3n) is 3.42. The van der Waals surface area contributed by atoms with Crippen LogP contribution >= 0.6 is 11.3 Å². The third kappa shape index (κ3) is 2.74. The van der Waals surface area contributed by atoms with Crippen molar-refractivity contribution >= 4 is 22.2 Å². The Bertz CT molecular complexity index is 720. The molecule has 0 aliphatic carbocycles. The van der Waals surface area contributed by atoms with Crippen LogP contribution in [0.15, 0.2) is 48.5 Å². The van der Waals surface area contributed by atoms with Crippen molar-refractivity contribution in [3.05, 3.63) is 64.0 Å². The molecule has 1 aromatic carbocycles. The lowest BCUT2D eigenvalue weighted by Crippen LogP contribution is -2.03. The van der Waals surface area contributed by atoms with Crippen molar-refractivity contribution in [2.45, 2.75) is 25.9 Å². The highest BCUT2D eigenvalue weighted by molar-refractivity contribution is 7.11. The van der Waals surface area contributed by atoms with E-state index in [1.165, 1.54) is 9.75 Å². The molecule has 102 valence electrons. The van der Waals surface area contributed by atoms with Crippen LogP contribution in [-0.2, 0) is 12.8 Å². The second-order valence-corrected chi connectivity index (χ2v) is 6.12. The zero-order valence-electron chi connectivity index (χ0n) is 11.4. The number of aliphatic hydroxyl groups excluding tert-OH is 1. The zero-order chi connectivity index (χ0) is 13.9. The molecule has 0 aliphatic rings. The molecule has 2 nitrogen and oxygen atoms in total. The Balaban J connectivity index is 1.82. The van der Waals surface area contributed by atoms with Crippen molar-refractivity contribution in [1.82, 2.24) is 4.98 Å². The van der Waals surface area contributed by atoms with E-state index in [-0.39, 0.29) is 0 Å². The van der Waals surface area contributed by atoms with Gasteiger partial charge in [0.1, 0.15) is 6.10 Å². The van der Waals surface area contributed by atoms with Gasteiger partial charge in [-0.05, 0) is 30.7 Å². The molecule has 2 heterocycles. The minimum atomic E-state index is -0.539. The summed E-state index contributed by atoms with van der Waals surface area (Å²) < 4.78 is 0. The molecule has 1 atom stereocenters. The van der Waals surface area contributed by atoms with Gasteiger partial charge < -0.3 is 5.11 Å². The molecule has 3 aromatic rings. The van der Waals surface area contributed by atoms with Gasteiger partial charge in [-0.2, -0.15) is 0 Å². The predicted molar refractivity (Wildman–Crippen MR) is 84.1 cm³/mol. The molecular weight excluding hydrogens is 266 g/mol. The largest absolute Gasteiger partial charge is 0.386 e. The van der Waals surface area contributed by atoms with Crippen LogP contribution in [-0.4, -0.2) is 10.1 Å². The molecule has 0 radical (unpaired) electrons. The highest BCUT2D eigenvalue weighted by atomic mass is 32.1. The van der Waals surface area contributed by atoms with E-state index in [1.54, 1.807) is 11.3 Å². The number of benzene rings is 1. The molecule has 2 aromatic heterocycles. The maximum Gasteiger partial charge on any atom is 0.101 e. The Morgan fingerprint density at radius 1 is 1.05 bits per heavy atom. The number of aromatic nitrogens is 1. The van der Waals surface area contributed by atoms with Gasteiger partial charge in [-0.1, -0.05) is 31.2 Å².